The molecule has 2 N–H and O–H groups in total. The van der Waals surface area contributed by atoms with Crippen molar-refractivity contribution in [1.29, 1.82) is 0 Å². The van der Waals surface area contributed by atoms with E-state index in [4.69, 9.17) is 0 Å². The molecule has 28 heavy (non-hydrogen) atoms. The van der Waals surface area contributed by atoms with Gasteiger partial charge in [-0.2, -0.15) is 5.10 Å². The number of aryl methyl sites for hydroxylation is 1. The lowest BCUT2D eigenvalue weighted by Gasteiger charge is -2.32. The van der Waals surface area contributed by atoms with Crippen LogP contribution in [-0.4, -0.2) is 57.2 Å². The highest BCUT2D eigenvalue weighted by Gasteiger charge is 2.24. The summed E-state index contributed by atoms with van der Waals surface area (Å²) >= 11 is 0. The number of hydrogen-bond acceptors (Lipinski definition) is 4. The number of carboxylic acids is 1. The number of benzene rings is 1. The summed E-state index contributed by atoms with van der Waals surface area (Å²) in [5.41, 5.74) is 1.24. The molecule has 0 saturated carbocycles. The first-order valence-electron chi connectivity index (χ1n) is 9.30. The Bertz CT molecular complexity index is 869. The number of likely N-dealkylation sites (tertiary alicyclic amines) is 1. The zero-order chi connectivity index (χ0) is 20.1. The normalized spacial score (nSPS) is 14.7. The van der Waals surface area contributed by atoms with Gasteiger partial charge in [0.1, 0.15) is 0 Å². The van der Waals surface area contributed by atoms with Crippen molar-refractivity contribution in [1.82, 2.24) is 20.0 Å². The third-order valence-corrected chi connectivity index (χ3v) is 5.08. The molecule has 1 aliphatic rings. The maximum Gasteiger partial charge on any atom is 0.335 e. The third-order valence-electron chi connectivity index (χ3n) is 5.08. The molecule has 8 nitrogen and oxygen atoms in total. The smallest absolute Gasteiger partial charge is 0.335 e. The molecule has 0 spiro atoms. The van der Waals surface area contributed by atoms with Gasteiger partial charge in [0.25, 0.3) is 5.91 Å². The van der Waals surface area contributed by atoms with Crippen LogP contribution < -0.4 is 5.32 Å². The van der Waals surface area contributed by atoms with E-state index in [2.05, 4.69) is 10.4 Å². The number of amides is 2. The first kappa shape index (κ1) is 19.6. The molecule has 0 aliphatic carbocycles. The molecule has 1 aromatic carbocycles. The highest BCUT2D eigenvalue weighted by Crippen LogP contribution is 2.18. The Morgan fingerprint density at radius 3 is 2.57 bits per heavy atom. The van der Waals surface area contributed by atoms with Gasteiger partial charge in [-0.1, -0.05) is 18.2 Å². The van der Waals surface area contributed by atoms with Crippen molar-refractivity contribution in [2.24, 2.45) is 13.0 Å². The summed E-state index contributed by atoms with van der Waals surface area (Å²) in [6, 6.07) is 6.60. The fourth-order valence-corrected chi connectivity index (χ4v) is 3.42. The van der Waals surface area contributed by atoms with Gasteiger partial charge in [-0.3, -0.25) is 14.3 Å². The van der Waals surface area contributed by atoms with E-state index in [1.807, 2.05) is 0 Å². The largest absolute Gasteiger partial charge is 0.478 e. The molecular weight excluding hydrogens is 360 g/mol. The average Bonchev–Trinajstić information content (AvgIpc) is 3.13. The minimum atomic E-state index is -1.02. The molecule has 1 saturated heterocycles. The standard InChI is InChI=1S/C20H24N4O4/c1-23-13-16(12-22-23)19(26)21-11-14-6-8-24(9-7-14)18(25)10-15-4-2-3-5-17(15)20(27)28/h2-5,12-14H,6-11H2,1H3,(H,21,26)(H,27,28). The summed E-state index contributed by atoms with van der Waals surface area (Å²) in [4.78, 5) is 37.7. The second-order valence-electron chi connectivity index (χ2n) is 7.08. The molecule has 148 valence electrons. The van der Waals surface area contributed by atoms with Crippen molar-refractivity contribution in [3.63, 3.8) is 0 Å². The Hall–Kier alpha value is -3.16. The predicted molar refractivity (Wildman–Crippen MR) is 102 cm³/mol. The number of nitrogens with zero attached hydrogens (tertiary/aromatic N) is 3. The van der Waals surface area contributed by atoms with Crippen LogP contribution in [0.5, 0.6) is 0 Å². The molecule has 1 fully saturated rings. The molecule has 2 heterocycles. The molecule has 2 aromatic rings. The van der Waals surface area contributed by atoms with Gasteiger partial charge in [0.05, 0.1) is 23.7 Å². The Morgan fingerprint density at radius 1 is 1.21 bits per heavy atom. The van der Waals surface area contributed by atoms with Crippen LogP contribution in [0.2, 0.25) is 0 Å². The molecule has 0 bridgehead atoms. The second-order valence-corrected chi connectivity index (χ2v) is 7.08. The lowest BCUT2D eigenvalue weighted by atomic mass is 9.96. The quantitative estimate of drug-likeness (QED) is 0.782. The van der Waals surface area contributed by atoms with Crippen LogP contribution in [0.4, 0.5) is 0 Å². The number of carbonyl (C=O) groups is 3. The Morgan fingerprint density at radius 2 is 1.93 bits per heavy atom. The predicted octanol–water partition coefficient (Wildman–Crippen LogP) is 1.33. The minimum Gasteiger partial charge on any atom is -0.478 e. The molecule has 1 aliphatic heterocycles. The van der Waals surface area contributed by atoms with Crippen LogP contribution in [-0.2, 0) is 18.3 Å². The molecule has 0 radical (unpaired) electrons. The van der Waals surface area contributed by atoms with Crippen molar-refractivity contribution >= 4 is 17.8 Å². The van der Waals surface area contributed by atoms with Gasteiger partial charge < -0.3 is 15.3 Å². The van der Waals surface area contributed by atoms with Crippen molar-refractivity contribution < 1.29 is 19.5 Å². The van der Waals surface area contributed by atoms with Crippen molar-refractivity contribution in [2.45, 2.75) is 19.3 Å². The summed E-state index contributed by atoms with van der Waals surface area (Å²) in [5, 5.41) is 16.2. The summed E-state index contributed by atoms with van der Waals surface area (Å²) < 4.78 is 1.58. The number of aromatic nitrogens is 2. The van der Waals surface area contributed by atoms with E-state index in [9.17, 15) is 19.5 Å². The first-order valence-corrected chi connectivity index (χ1v) is 9.30. The van der Waals surface area contributed by atoms with Crippen LogP contribution in [0.15, 0.2) is 36.7 Å². The summed E-state index contributed by atoms with van der Waals surface area (Å²) in [6.07, 6.45) is 4.90. The van der Waals surface area contributed by atoms with E-state index < -0.39 is 5.97 Å². The maximum absolute atomic E-state index is 12.6. The van der Waals surface area contributed by atoms with E-state index in [0.29, 0.717) is 36.7 Å². The topological polar surface area (TPSA) is 105 Å². The van der Waals surface area contributed by atoms with E-state index in [1.165, 1.54) is 12.3 Å². The van der Waals surface area contributed by atoms with Crippen LogP contribution in [0.25, 0.3) is 0 Å². The zero-order valence-corrected chi connectivity index (χ0v) is 15.8. The van der Waals surface area contributed by atoms with Crippen LogP contribution in [0.1, 0.15) is 39.1 Å². The molecule has 3 rings (SSSR count). The fourth-order valence-electron chi connectivity index (χ4n) is 3.42. The highest BCUT2D eigenvalue weighted by molar-refractivity contribution is 5.93. The van der Waals surface area contributed by atoms with Gasteiger partial charge in [-0.15, -0.1) is 0 Å². The number of carboxylic acid groups (broad SMARTS) is 1. The maximum atomic E-state index is 12.6. The Labute approximate surface area is 163 Å². The van der Waals surface area contributed by atoms with E-state index in [0.717, 1.165) is 12.8 Å². The van der Waals surface area contributed by atoms with Gasteiger partial charge in [0.2, 0.25) is 5.91 Å². The zero-order valence-electron chi connectivity index (χ0n) is 15.8. The molecule has 1 aromatic heterocycles. The van der Waals surface area contributed by atoms with Gasteiger partial charge in [0.15, 0.2) is 0 Å². The molecular formula is C20H24N4O4. The first-order chi connectivity index (χ1) is 13.4. The number of hydrogen-bond donors (Lipinski definition) is 2. The van der Waals surface area contributed by atoms with Crippen molar-refractivity contribution in [3.8, 4) is 0 Å². The lowest BCUT2D eigenvalue weighted by Crippen LogP contribution is -2.42. The second kappa shape index (κ2) is 8.69. The fraction of sp³-hybridized carbons (Fsp3) is 0.400. The highest BCUT2D eigenvalue weighted by atomic mass is 16.4. The number of carbonyl (C=O) groups excluding carboxylic acids is 2. The number of nitrogens with one attached hydrogen (secondary N) is 1. The molecule has 2 amide bonds. The number of piperidine rings is 1. The average molecular weight is 384 g/mol. The van der Waals surface area contributed by atoms with Crippen LogP contribution in [0.3, 0.4) is 0 Å². The van der Waals surface area contributed by atoms with E-state index >= 15 is 0 Å². The number of rotatable bonds is 6. The summed E-state index contributed by atoms with van der Waals surface area (Å²) in [6.45, 7) is 1.79. The summed E-state index contributed by atoms with van der Waals surface area (Å²) in [5.74, 6) is -0.911. The molecule has 0 atom stereocenters. The van der Waals surface area contributed by atoms with E-state index in [-0.39, 0.29) is 23.8 Å². The Kier molecular flexibility index (Phi) is 6.08. The minimum absolute atomic E-state index is 0.0634. The number of aromatic carboxylic acids is 1. The molecule has 8 heteroatoms. The van der Waals surface area contributed by atoms with Crippen LogP contribution in [0, 0.1) is 5.92 Å². The van der Waals surface area contributed by atoms with Crippen molar-refractivity contribution in [2.75, 3.05) is 19.6 Å². The van der Waals surface area contributed by atoms with Crippen molar-refractivity contribution in [3.05, 3.63) is 53.3 Å². The third kappa shape index (κ3) is 4.76. The monoisotopic (exact) mass is 384 g/mol. The lowest BCUT2D eigenvalue weighted by molar-refractivity contribution is -0.131. The van der Waals surface area contributed by atoms with Crippen LogP contribution >= 0.6 is 0 Å². The van der Waals surface area contributed by atoms with E-state index in [1.54, 1.807) is 41.0 Å². The SMILES string of the molecule is Cn1cc(C(=O)NCC2CCN(C(=O)Cc3ccccc3C(=O)O)CC2)cn1. The summed E-state index contributed by atoms with van der Waals surface area (Å²) in [7, 11) is 1.76. The van der Waals surface area contributed by atoms with Gasteiger partial charge in [-0.05, 0) is 30.4 Å². The molecule has 0 unspecified atom stereocenters. The Balaban J connectivity index is 1.46. The van der Waals surface area contributed by atoms with Gasteiger partial charge in [0, 0.05) is 32.9 Å². The van der Waals surface area contributed by atoms with Gasteiger partial charge in [-0.25, -0.2) is 4.79 Å². The van der Waals surface area contributed by atoms with Gasteiger partial charge >= 0.3 is 5.97 Å².